The van der Waals surface area contributed by atoms with Crippen molar-refractivity contribution in [2.24, 2.45) is 5.92 Å². The molecule has 0 N–H and O–H groups in total. The van der Waals surface area contributed by atoms with Crippen LogP contribution in [0.1, 0.15) is 21.4 Å². The van der Waals surface area contributed by atoms with Gasteiger partial charge in [0.1, 0.15) is 5.69 Å². The second kappa shape index (κ2) is 5.29. The van der Waals surface area contributed by atoms with Crippen LogP contribution in [0.25, 0.3) is 10.8 Å². The summed E-state index contributed by atoms with van der Waals surface area (Å²) in [6.07, 6.45) is 5.76. The van der Waals surface area contributed by atoms with Crippen molar-refractivity contribution in [1.29, 1.82) is 0 Å². The topological polar surface area (TPSA) is 49.3 Å². The average Bonchev–Trinajstić information content (AvgIpc) is 3.10. The third-order valence-corrected chi connectivity index (χ3v) is 6.42. The van der Waals surface area contributed by atoms with Gasteiger partial charge in [0.15, 0.2) is 5.78 Å². The molecule has 6 heteroatoms. The molecule has 2 aromatic rings. The molecule has 2 atom stereocenters. The Kier molecular flexibility index (Phi) is 3.18. The van der Waals surface area contributed by atoms with Gasteiger partial charge in [0, 0.05) is 43.1 Å². The van der Waals surface area contributed by atoms with Gasteiger partial charge in [-0.1, -0.05) is 6.08 Å². The van der Waals surface area contributed by atoms with Gasteiger partial charge < -0.3 is 9.80 Å². The predicted molar refractivity (Wildman–Crippen MR) is 96.5 cm³/mol. The van der Waals surface area contributed by atoms with Crippen LogP contribution in [0.3, 0.4) is 0 Å². The fourth-order valence-corrected chi connectivity index (χ4v) is 5.04. The van der Waals surface area contributed by atoms with Crippen molar-refractivity contribution in [3.8, 4) is 0 Å². The van der Waals surface area contributed by atoms with E-state index in [1.54, 1.807) is 11.8 Å². The van der Waals surface area contributed by atoms with Crippen LogP contribution in [0, 0.1) is 5.92 Å². The fourth-order valence-electron chi connectivity index (χ4n) is 3.92. The number of hydrogen-bond donors (Lipinski definition) is 0. The summed E-state index contributed by atoms with van der Waals surface area (Å²) in [4.78, 5) is 26.8. The number of allylic oxidation sites excluding steroid dienone is 1. The molecule has 4 heterocycles. The molecule has 1 saturated heterocycles. The molecule has 24 heavy (non-hydrogen) atoms. The second-order valence-electron chi connectivity index (χ2n) is 6.68. The van der Waals surface area contributed by atoms with Crippen molar-refractivity contribution >= 4 is 34.0 Å². The number of rotatable bonds is 1. The van der Waals surface area contributed by atoms with E-state index in [9.17, 15) is 4.79 Å². The van der Waals surface area contributed by atoms with Gasteiger partial charge in [-0.2, -0.15) is 0 Å². The standard InChI is InChI=1S/C18H18N4OS/c1-21-5-7-22(8-6-21)13-10-20-15-14-11(13)2-4-19-16(14)18-12(17(15)23)3-9-24-18/h2-4,9-10,12,18H,5-8H2,1H3. The first-order valence-electron chi connectivity index (χ1n) is 8.31. The summed E-state index contributed by atoms with van der Waals surface area (Å²) in [5.74, 6) is 0.0271. The number of carbonyl (C=O) groups excluding carboxylic acids is 1. The average molecular weight is 338 g/mol. The minimum absolute atomic E-state index is 0.109. The first-order chi connectivity index (χ1) is 11.7. The minimum Gasteiger partial charge on any atom is -0.367 e. The van der Waals surface area contributed by atoms with Crippen LogP contribution in [-0.2, 0) is 0 Å². The molecule has 5 rings (SSSR count). The number of pyridine rings is 2. The van der Waals surface area contributed by atoms with Crippen molar-refractivity contribution in [3.05, 3.63) is 41.3 Å². The monoisotopic (exact) mass is 338 g/mol. The third kappa shape index (κ3) is 1.96. The van der Waals surface area contributed by atoms with Gasteiger partial charge in [-0.15, -0.1) is 11.8 Å². The lowest BCUT2D eigenvalue weighted by Crippen LogP contribution is -2.44. The Bertz CT molecular complexity index is 873. The highest BCUT2D eigenvalue weighted by Crippen LogP contribution is 2.50. The fraction of sp³-hybridized carbons (Fsp3) is 0.389. The molecule has 122 valence electrons. The molecule has 2 unspecified atom stereocenters. The first kappa shape index (κ1) is 14.4. The number of fused-ring (bicyclic) bond motifs is 2. The minimum atomic E-state index is -0.109. The number of anilines is 1. The number of aromatic nitrogens is 2. The van der Waals surface area contributed by atoms with Crippen LogP contribution in [-0.4, -0.2) is 53.9 Å². The Balaban J connectivity index is 1.69. The van der Waals surface area contributed by atoms with Crippen molar-refractivity contribution < 1.29 is 4.79 Å². The molecule has 0 saturated carbocycles. The van der Waals surface area contributed by atoms with Crippen LogP contribution in [0.2, 0.25) is 0 Å². The molecule has 0 aromatic carbocycles. The molecule has 0 bridgehead atoms. The number of piperazine rings is 1. The Morgan fingerprint density at radius 2 is 2.04 bits per heavy atom. The number of Topliss-reactive ketones (excluding diaryl/α,β-unsaturated/α-hetero) is 1. The summed E-state index contributed by atoms with van der Waals surface area (Å²) < 4.78 is 0. The molecule has 0 radical (unpaired) electrons. The normalized spacial score (nSPS) is 26.2. The molecular formula is C18H18N4OS. The van der Waals surface area contributed by atoms with E-state index in [0.29, 0.717) is 5.69 Å². The molecule has 0 spiro atoms. The molecule has 1 aliphatic carbocycles. The van der Waals surface area contributed by atoms with Crippen molar-refractivity contribution in [2.75, 3.05) is 38.1 Å². The predicted octanol–water partition coefficient (Wildman–Crippen LogP) is 2.50. The number of carbonyl (C=O) groups is 1. The SMILES string of the molecule is CN1CCN(c2cnc3c4c(nccc24)C2SC=CC2C3=O)CC1. The lowest BCUT2D eigenvalue weighted by atomic mass is 9.86. The summed E-state index contributed by atoms with van der Waals surface area (Å²) in [7, 11) is 2.15. The van der Waals surface area contributed by atoms with Gasteiger partial charge in [-0.25, -0.2) is 0 Å². The van der Waals surface area contributed by atoms with Gasteiger partial charge in [0.05, 0.1) is 28.7 Å². The van der Waals surface area contributed by atoms with E-state index < -0.39 is 0 Å². The summed E-state index contributed by atoms with van der Waals surface area (Å²) in [5, 5.41) is 4.23. The molecule has 5 nitrogen and oxygen atoms in total. The number of thioether (sulfide) groups is 1. The van der Waals surface area contributed by atoms with Crippen LogP contribution >= 0.6 is 11.8 Å². The Morgan fingerprint density at radius 1 is 1.21 bits per heavy atom. The zero-order valence-electron chi connectivity index (χ0n) is 13.5. The zero-order chi connectivity index (χ0) is 16.3. The Labute approximate surface area is 144 Å². The van der Waals surface area contributed by atoms with Gasteiger partial charge >= 0.3 is 0 Å². The van der Waals surface area contributed by atoms with Crippen molar-refractivity contribution in [1.82, 2.24) is 14.9 Å². The molecule has 3 aliphatic rings. The number of nitrogens with zero attached hydrogens (tertiary/aromatic N) is 4. The lowest BCUT2D eigenvalue weighted by molar-refractivity contribution is 0.0937. The quantitative estimate of drug-likeness (QED) is 0.796. The van der Waals surface area contributed by atoms with Crippen LogP contribution < -0.4 is 4.90 Å². The highest BCUT2D eigenvalue weighted by Gasteiger charge is 2.40. The molecule has 2 aliphatic heterocycles. The smallest absolute Gasteiger partial charge is 0.190 e. The molecular weight excluding hydrogens is 320 g/mol. The molecule has 1 fully saturated rings. The number of likely N-dealkylation sites (N-methyl/N-ethyl adjacent to an activating group) is 1. The Hall–Kier alpha value is -1.92. The van der Waals surface area contributed by atoms with Gasteiger partial charge in [-0.3, -0.25) is 14.8 Å². The van der Waals surface area contributed by atoms with Gasteiger partial charge in [0.2, 0.25) is 0 Å². The van der Waals surface area contributed by atoms with Crippen LogP contribution in [0.4, 0.5) is 5.69 Å². The zero-order valence-corrected chi connectivity index (χ0v) is 14.3. The Morgan fingerprint density at radius 3 is 2.88 bits per heavy atom. The van der Waals surface area contributed by atoms with E-state index in [4.69, 9.17) is 0 Å². The summed E-state index contributed by atoms with van der Waals surface area (Å²) in [6, 6.07) is 2.04. The maximum atomic E-state index is 12.8. The van der Waals surface area contributed by atoms with Crippen LogP contribution in [0.5, 0.6) is 0 Å². The second-order valence-corrected chi connectivity index (χ2v) is 7.73. The van der Waals surface area contributed by atoms with Gasteiger partial charge in [0.25, 0.3) is 0 Å². The van der Waals surface area contributed by atoms with Crippen molar-refractivity contribution in [2.45, 2.75) is 5.25 Å². The highest BCUT2D eigenvalue weighted by molar-refractivity contribution is 8.02. The summed E-state index contributed by atoms with van der Waals surface area (Å²) >= 11 is 1.70. The lowest BCUT2D eigenvalue weighted by Gasteiger charge is -2.35. The van der Waals surface area contributed by atoms with E-state index in [2.05, 4.69) is 26.8 Å². The molecule has 0 amide bonds. The van der Waals surface area contributed by atoms with Crippen LogP contribution in [0.15, 0.2) is 29.9 Å². The molecule has 2 aromatic heterocycles. The van der Waals surface area contributed by atoms with Gasteiger partial charge in [-0.05, 0) is 18.5 Å². The summed E-state index contributed by atoms with van der Waals surface area (Å²) in [5.41, 5.74) is 2.75. The summed E-state index contributed by atoms with van der Waals surface area (Å²) in [6.45, 7) is 4.07. The van der Waals surface area contributed by atoms with E-state index in [-0.39, 0.29) is 17.0 Å². The largest absolute Gasteiger partial charge is 0.367 e. The maximum Gasteiger partial charge on any atom is 0.190 e. The van der Waals surface area contributed by atoms with E-state index in [1.165, 1.54) is 0 Å². The van der Waals surface area contributed by atoms with Crippen molar-refractivity contribution in [3.63, 3.8) is 0 Å². The number of hydrogen-bond acceptors (Lipinski definition) is 6. The highest BCUT2D eigenvalue weighted by atomic mass is 32.2. The van der Waals surface area contributed by atoms with E-state index in [1.807, 2.05) is 29.9 Å². The van der Waals surface area contributed by atoms with E-state index >= 15 is 0 Å². The maximum absolute atomic E-state index is 12.8. The van der Waals surface area contributed by atoms with E-state index in [0.717, 1.165) is 48.3 Å². The number of ketones is 1. The first-order valence-corrected chi connectivity index (χ1v) is 9.26. The third-order valence-electron chi connectivity index (χ3n) is 5.30.